The minimum absolute atomic E-state index is 0.270. The third-order valence-corrected chi connectivity index (χ3v) is 5.86. The van der Waals surface area contributed by atoms with Crippen molar-refractivity contribution in [1.29, 1.82) is 0 Å². The summed E-state index contributed by atoms with van der Waals surface area (Å²) in [5.74, 6) is 0. The van der Waals surface area contributed by atoms with E-state index in [1.165, 1.54) is 3.97 Å². The zero-order chi connectivity index (χ0) is 16.6. The standard InChI is InChI=1S/C17H19N3O2S/c1-12-3-5-14(6-4-12)23(21,22)20-13(2)15(7-9-18)16-8-10-19-11-17(16)20/h3-6,8,10-11H,7,9,18H2,1-2H3. The van der Waals surface area contributed by atoms with Gasteiger partial charge in [-0.1, -0.05) is 17.7 Å². The Morgan fingerprint density at radius 2 is 1.83 bits per heavy atom. The maximum atomic E-state index is 13.1. The van der Waals surface area contributed by atoms with Crippen LogP contribution in [0.5, 0.6) is 0 Å². The van der Waals surface area contributed by atoms with E-state index in [2.05, 4.69) is 4.98 Å². The molecule has 0 bridgehead atoms. The molecule has 0 radical (unpaired) electrons. The van der Waals surface area contributed by atoms with Crippen LogP contribution in [0.1, 0.15) is 16.8 Å². The number of rotatable bonds is 4. The van der Waals surface area contributed by atoms with Gasteiger partial charge < -0.3 is 5.73 Å². The van der Waals surface area contributed by atoms with Crippen molar-refractivity contribution in [3.63, 3.8) is 0 Å². The van der Waals surface area contributed by atoms with Crippen LogP contribution in [-0.4, -0.2) is 23.9 Å². The number of hydrogen-bond acceptors (Lipinski definition) is 4. The van der Waals surface area contributed by atoms with Gasteiger partial charge in [0.15, 0.2) is 0 Å². The predicted octanol–water partition coefficient (Wildman–Crippen LogP) is 2.39. The van der Waals surface area contributed by atoms with Crippen LogP contribution in [0.25, 0.3) is 10.9 Å². The lowest BCUT2D eigenvalue weighted by molar-refractivity contribution is 0.587. The van der Waals surface area contributed by atoms with E-state index in [0.29, 0.717) is 24.2 Å². The maximum Gasteiger partial charge on any atom is 0.268 e. The number of nitrogens with two attached hydrogens (primary N) is 1. The number of fused-ring (bicyclic) bond motifs is 1. The molecular weight excluding hydrogens is 310 g/mol. The van der Waals surface area contributed by atoms with E-state index in [4.69, 9.17) is 5.73 Å². The third-order valence-electron chi connectivity index (χ3n) is 4.04. The van der Waals surface area contributed by atoms with Gasteiger partial charge in [0.1, 0.15) is 0 Å². The van der Waals surface area contributed by atoms with Crippen molar-refractivity contribution in [3.05, 3.63) is 59.5 Å². The second kappa shape index (κ2) is 5.79. The van der Waals surface area contributed by atoms with E-state index in [1.807, 2.05) is 19.9 Å². The Kier molecular flexibility index (Phi) is 3.95. The van der Waals surface area contributed by atoms with Crippen molar-refractivity contribution in [3.8, 4) is 0 Å². The Bertz CT molecular complexity index is 957. The van der Waals surface area contributed by atoms with Gasteiger partial charge in [-0.25, -0.2) is 12.4 Å². The molecule has 0 aliphatic carbocycles. The van der Waals surface area contributed by atoms with E-state index in [0.717, 1.165) is 16.5 Å². The van der Waals surface area contributed by atoms with Crippen LogP contribution >= 0.6 is 0 Å². The van der Waals surface area contributed by atoms with E-state index < -0.39 is 10.0 Å². The van der Waals surface area contributed by atoms with Crippen LogP contribution in [0, 0.1) is 13.8 Å². The molecule has 6 heteroatoms. The Labute approximate surface area is 135 Å². The molecule has 0 aliphatic rings. The lowest BCUT2D eigenvalue weighted by atomic mass is 10.1. The Hall–Kier alpha value is -2.18. The first-order valence-electron chi connectivity index (χ1n) is 7.43. The van der Waals surface area contributed by atoms with Gasteiger partial charge in [0, 0.05) is 17.3 Å². The molecule has 23 heavy (non-hydrogen) atoms. The minimum atomic E-state index is -3.67. The summed E-state index contributed by atoms with van der Waals surface area (Å²) in [6.45, 7) is 4.21. The third kappa shape index (κ3) is 2.54. The van der Waals surface area contributed by atoms with Crippen molar-refractivity contribution < 1.29 is 8.42 Å². The first kappa shape index (κ1) is 15.7. The highest BCUT2D eigenvalue weighted by atomic mass is 32.2. The summed E-state index contributed by atoms with van der Waals surface area (Å²) < 4.78 is 27.6. The quantitative estimate of drug-likeness (QED) is 0.797. The van der Waals surface area contributed by atoms with E-state index >= 15 is 0 Å². The highest BCUT2D eigenvalue weighted by molar-refractivity contribution is 7.90. The molecule has 0 fully saturated rings. The Morgan fingerprint density at radius 3 is 2.48 bits per heavy atom. The normalized spacial score (nSPS) is 12.0. The van der Waals surface area contributed by atoms with Gasteiger partial charge in [-0.15, -0.1) is 0 Å². The topological polar surface area (TPSA) is 78.0 Å². The summed E-state index contributed by atoms with van der Waals surface area (Å²) in [6.07, 6.45) is 3.89. The van der Waals surface area contributed by atoms with Crippen molar-refractivity contribution in [2.45, 2.75) is 25.2 Å². The largest absolute Gasteiger partial charge is 0.330 e. The SMILES string of the molecule is Cc1ccc(S(=O)(=O)n2c(C)c(CCN)c3ccncc32)cc1. The van der Waals surface area contributed by atoms with Gasteiger partial charge in [-0.3, -0.25) is 4.98 Å². The lowest BCUT2D eigenvalue weighted by Crippen LogP contribution is -2.15. The van der Waals surface area contributed by atoms with Gasteiger partial charge in [0.25, 0.3) is 10.0 Å². The number of aryl methyl sites for hydroxylation is 1. The number of hydrogen-bond donors (Lipinski definition) is 1. The number of benzene rings is 1. The first-order valence-corrected chi connectivity index (χ1v) is 8.87. The Balaban J connectivity index is 2.31. The maximum absolute atomic E-state index is 13.1. The molecule has 2 aromatic heterocycles. The second-order valence-electron chi connectivity index (χ2n) is 5.58. The highest BCUT2D eigenvalue weighted by Gasteiger charge is 2.24. The van der Waals surface area contributed by atoms with Crippen LogP contribution in [0.2, 0.25) is 0 Å². The molecule has 5 nitrogen and oxygen atoms in total. The van der Waals surface area contributed by atoms with Crippen LogP contribution in [-0.2, 0) is 16.4 Å². The smallest absolute Gasteiger partial charge is 0.268 e. The number of pyridine rings is 1. The molecule has 0 amide bonds. The summed E-state index contributed by atoms with van der Waals surface area (Å²) in [6, 6.07) is 8.71. The van der Waals surface area contributed by atoms with Gasteiger partial charge >= 0.3 is 0 Å². The molecule has 2 N–H and O–H groups in total. The molecule has 0 atom stereocenters. The molecule has 120 valence electrons. The molecule has 3 rings (SSSR count). The average molecular weight is 329 g/mol. The van der Waals surface area contributed by atoms with Gasteiger partial charge in [0.05, 0.1) is 16.6 Å². The first-order chi connectivity index (χ1) is 11.0. The van der Waals surface area contributed by atoms with Crippen molar-refractivity contribution in [2.75, 3.05) is 6.54 Å². The fourth-order valence-electron chi connectivity index (χ4n) is 2.89. The zero-order valence-corrected chi connectivity index (χ0v) is 14.0. The molecule has 1 aromatic carbocycles. The zero-order valence-electron chi connectivity index (χ0n) is 13.2. The summed E-state index contributed by atoms with van der Waals surface area (Å²) in [5.41, 5.74) is 8.95. The summed E-state index contributed by atoms with van der Waals surface area (Å²) in [4.78, 5) is 4.36. The van der Waals surface area contributed by atoms with E-state index in [1.54, 1.807) is 36.7 Å². The summed E-state index contributed by atoms with van der Waals surface area (Å²) in [7, 11) is -3.67. The van der Waals surface area contributed by atoms with Gasteiger partial charge in [0.2, 0.25) is 0 Å². The van der Waals surface area contributed by atoms with Crippen LogP contribution < -0.4 is 5.73 Å². The summed E-state index contributed by atoms with van der Waals surface area (Å²) >= 11 is 0. The Morgan fingerprint density at radius 1 is 1.13 bits per heavy atom. The van der Waals surface area contributed by atoms with Crippen molar-refractivity contribution in [1.82, 2.24) is 8.96 Å². The number of aromatic nitrogens is 2. The van der Waals surface area contributed by atoms with Crippen LogP contribution in [0.15, 0.2) is 47.6 Å². The fraction of sp³-hybridized carbons (Fsp3) is 0.235. The number of nitrogens with zero attached hydrogens (tertiary/aromatic N) is 2. The van der Waals surface area contributed by atoms with E-state index in [9.17, 15) is 8.42 Å². The highest BCUT2D eigenvalue weighted by Crippen LogP contribution is 2.29. The second-order valence-corrected chi connectivity index (χ2v) is 7.36. The van der Waals surface area contributed by atoms with Crippen LogP contribution in [0.4, 0.5) is 0 Å². The molecule has 0 aliphatic heterocycles. The monoisotopic (exact) mass is 329 g/mol. The van der Waals surface area contributed by atoms with Crippen molar-refractivity contribution >= 4 is 20.9 Å². The molecule has 0 unspecified atom stereocenters. The molecule has 3 aromatic rings. The van der Waals surface area contributed by atoms with Crippen molar-refractivity contribution in [2.24, 2.45) is 5.73 Å². The minimum Gasteiger partial charge on any atom is -0.330 e. The van der Waals surface area contributed by atoms with Gasteiger partial charge in [-0.2, -0.15) is 0 Å². The van der Waals surface area contributed by atoms with Gasteiger partial charge in [-0.05, 0) is 50.6 Å². The predicted molar refractivity (Wildman–Crippen MR) is 91.0 cm³/mol. The molecule has 0 spiro atoms. The summed E-state index contributed by atoms with van der Waals surface area (Å²) in [5, 5.41) is 0.888. The molecule has 0 saturated heterocycles. The molecule has 0 saturated carbocycles. The van der Waals surface area contributed by atoms with E-state index in [-0.39, 0.29) is 4.90 Å². The lowest BCUT2D eigenvalue weighted by Gasteiger charge is -2.10. The molecular formula is C17H19N3O2S. The average Bonchev–Trinajstić information content (AvgIpc) is 2.81. The van der Waals surface area contributed by atoms with Crippen LogP contribution in [0.3, 0.4) is 0 Å². The fourth-order valence-corrected chi connectivity index (χ4v) is 4.45. The molecule has 2 heterocycles.